The molecule has 1 aliphatic heterocycles. The van der Waals surface area contributed by atoms with Crippen molar-refractivity contribution in [1.82, 2.24) is 4.90 Å². The average molecular weight is 336 g/mol. The summed E-state index contributed by atoms with van der Waals surface area (Å²) in [4.78, 5) is 2.63. The molecule has 128 valence electrons. The largest absolute Gasteiger partial charge is 0.300 e. The number of unbranched alkanes of at least 4 members (excludes halogenated alkanes) is 1. The number of hydrogen-bond donors (Lipinski definition) is 0. The van der Waals surface area contributed by atoms with Gasteiger partial charge in [-0.25, -0.2) is 8.42 Å². The van der Waals surface area contributed by atoms with Gasteiger partial charge in [0.1, 0.15) is 9.84 Å². The Morgan fingerprint density at radius 2 is 1.96 bits per heavy atom. The Morgan fingerprint density at radius 1 is 1.13 bits per heavy atom. The van der Waals surface area contributed by atoms with E-state index < -0.39 is 9.84 Å². The van der Waals surface area contributed by atoms with Crippen LogP contribution in [0.2, 0.25) is 0 Å². The molecule has 1 heterocycles. The van der Waals surface area contributed by atoms with Gasteiger partial charge in [0.25, 0.3) is 0 Å². The predicted molar refractivity (Wildman–Crippen MR) is 95.7 cm³/mol. The SMILES string of the molecule is CS(=O)(=O)CCCCN1CCCC1C1CCCc2ccccc21. The molecule has 0 amide bonds. The molecule has 2 atom stereocenters. The van der Waals surface area contributed by atoms with Gasteiger partial charge in [-0.1, -0.05) is 24.3 Å². The molecule has 4 heteroatoms. The molecule has 3 nitrogen and oxygen atoms in total. The van der Waals surface area contributed by atoms with Crippen molar-refractivity contribution >= 4 is 9.84 Å². The minimum atomic E-state index is -2.81. The van der Waals surface area contributed by atoms with Crippen LogP contribution in [0.15, 0.2) is 24.3 Å². The monoisotopic (exact) mass is 335 g/mol. The van der Waals surface area contributed by atoms with E-state index in [0.29, 0.717) is 17.7 Å². The van der Waals surface area contributed by atoms with Crippen LogP contribution in [0.4, 0.5) is 0 Å². The van der Waals surface area contributed by atoms with Crippen LogP contribution in [0.25, 0.3) is 0 Å². The summed E-state index contributed by atoms with van der Waals surface area (Å²) in [7, 11) is -2.81. The summed E-state index contributed by atoms with van der Waals surface area (Å²) in [5.74, 6) is 1.01. The smallest absolute Gasteiger partial charge is 0.147 e. The summed E-state index contributed by atoms with van der Waals surface area (Å²) >= 11 is 0. The second-order valence-corrected chi connectivity index (χ2v) is 9.54. The Bertz CT molecular complexity index is 626. The van der Waals surface area contributed by atoms with Gasteiger partial charge in [0.05, 0.1) is 0 Å². The topological polar surface area (TPSA) is 37.4 Å². The van der Waals surface area contributed by atoms with E-state index in [-0.39, 0.29) is 0 Å². The van der Waals surface area contributed by atoms with Gasteiger partial charge in [0, 0.05) is 18.1 Å². The van der Waals surface area contributed by atoms with Crippen LogP contribution in [0.5, 0.6) is 0 Å². The van der Waals surface area contributed by atoms with Crippen LogP contribution in [-0.4, -0.2) is 44.5 Å². The van der Waals surface area contributed by atoms with Crippen LogP contribution in [-0.2, 0) is 16.3 Å². The molecule has 3 rings (SSSR count). The Balaban J connectivity index is 1.61. The molecule has 0 bridgehead atoms. The van der Waals surface area contributed by atoms with Gasteiger partial charge in [-0.05, 0) is 75.1 Å². The summed E-state index contributed by atoms with van der Waals surface area (Å²) in [6.07, 6.45) is 9.56. The molecule has 0 radical (unpaired) electrons. The van der Waals surface area contributed by atoms with Crippen molar-refractivity contribution in [1.29, 1.82) is 0 Å². The fourth-order valence-corrected chi connectivity index (χ4v) is 5.18. The van der Waals surface area contributed by atoms with E-state index in [4.69, 9.17) is 0 Å². The molecular weight excluding hydrogens is 306 g/mol. The fraction of sp³-hybridized carbons (Fsp3) is 0.684. The number of nitrogens with zero attached hydrogens (tertiary/aromatic N) is 1. The van der Waals surface area contributed by atoms with Gasteiger partial charge >= 0.3 is 0 Å². The molecule has 0 aromatic heterocycles. The maximum absolute atomic E-state index is 11.3. The summed E-state index contributed by atoms with van der Waals surface area (Å²) in [5, 5.41) is 0. The molecule has 1 saturated heterocycles. The maximum atomic E-state index is 11.3. The predicted octanol–water partition coefficient (Wildman–Crippen LogP) is 3.40. The zero-order valence-electron chi connectivity index (χ0n) is 14.2. The molecule has 1 aromatic carbocycles. The number of rotatable bonds is 6. The van der Waals surface area contributed by atoms with Gasteiger partial charge in [0.2, 0.25) is 0 Å². The molecule has 1 aliphatic carbocycles. The van der Waals surface area contributed by atoms with Crippen LogP contribution < -0.4 is 0 Å². The summed E-state index contributed by atoms with van der Waals surface area (Å²) in [6, 6.07) is 9.64. The van der Waals surface area contributed by atoms with Gasteiger partial charge < -0.3 is 0 Å². The van der Waals surface area contributed by atoms with Gasteiger partial charge in [-0.2, -0.15) is 0 Å². The Hall–Kier alpha value is -0.870. The Labute approximate surface area is 141 Å². The minimum Gasteiger partial charge on any atom is -0.300 e. The molecule has 23 heavy (non-hydrogen) atoms. The lowest BCUT2D eigenvalue weighted by molar-refractivity contribution is 0.210. The van der Waals surface area contributed by atoms with Gasteiger partial charge in [0.15, 0.2) is 0 Å². The lowest BCUT2D eigenvalue weighted by Gasteiger charge is -2.35. The number of fused-ring (bicyclic) bond motifs is 1. The van der Waals surface area contributed by atoms with E-state index in [2.05, 4.69) is 29.2 Å². The van der Waals surface area contributed by atoms with Crippen molar-refractivity contribution in [3.05, 3.63) is 35.4 Å². The van der Waals surface area contributed by atoms with E-state index in [1.807, 2.05) is 0 Å². The number of hydrogen-bond acceptors (Lipinski definition) is 3. The van der Waals surface area contributed by atoms with E-state index in [0.717, 1.165) is 19.4 Å². The average Bonchev–Trinajstić information content (AvgIpc) is 2.98. The minimum absolute atomic E-state index is 0.331. The van der Waals surface area contributed by atoms with Crippen LogP contribution in [0.1, 0.15) is 55.6 Å². The van der Waals surface area contributed by atoms with Crippen molar-refractivity contribution in [3.8, 4) is 0 Å². The van der Waals surface area contributed by atoms with Crippen molar-refractivity contribution in [2.24, 2.45) is 0 Å². The highest BCUT2D eigenvalue weighted by Gasteiger charge is 2.34. The Kier molecular flexibility index (Phi) is 5.42. The Morgan fingerprint density at radius 3 is 2.78 bits per heavy atom. The third-order valence-electron chi connectivity index (χ3n) is 5.50. The van der Waals surface area contributed by atoms with Crippen molar-refractivity contribution < 1.29 is 8.42 Å². The molecular formula is C19H29NO2S. The summed E-state index contributed by atoms with van der Waals surface area (Å²) < 4.78 is 22.5. The lowest BCUT2D eigenvalue weighted by Crippen LogP contribution is -2.36. The number of sulfone groups is 1. The number of aryl methyl sites for hydroxylation is 1. The van der Waals surface area contributed by atoms with Gasteiger partial charge in [-0.3, -0.25) is 4.90 Å². The second-order valence-electron chi connectivity index (χ2n) is 7.28. The van der Waals surface area contributed by atoms with Gasteiger partial charge in [-0.15, -0.1) is 0 Å². The van der Waals surface area contributed by atoms with E-state index in [9.17, 15) is 8.42 Å². The lowest BCUT2D eigenvalue weighted by atomic mass is 9.78. The first-order chi connectivity index (χ1) is 11.0. The van der Waals surface area contributed by atoms with E-state index in [1.165, 1.54) is 44.9 Å². The van der Waals surface area contributed by atoms with E-state index in [1.54, 1.807) is 11.1 Å². The quantitative estimate of drug-likeness (QED) is 0.748. The highest BCUT2D eigenvalue weighted by Crippen LogP contribution is 2.39. The van der Waals surface area contributed by atoms with Crippen molar-refractivity contribution in [2.75, 3.05) is 25.1 Å². The molecule has 1 aromatic rings. The second kappa shape index (κ2) is 7.35. The maximum Gasteiger partial charge on any atom is 0.147 e. The zero-order valence-corrected chi connectivity index (χ0v) is 15.0. The highest BCUT2D eigenvalue weighted by atomic mass is 32.2. The van der Waals surface area contributed by atoms with Crippen LogP contribution in [0.3, 0.4) is 0 Å². The van der Waals surface area contributed by atoms with Crippen molar-refractivity contribution in [2.45, 2.75) is 56.9 Å². The molecule has 2 unspecified atom stereocenters. The summed E-state index contributed by atoms with van der Waals surface area (Å²) in [6.45, 7) is 2.24. The third kappa shape index (κ3) is 4.36. The highest BCUT2D eigenvalue weighted by molar-refractivity contribution is 7.90. The first-order valence-electron chi connectivity index (χ1n) is 9.04. The van der Waals surface area contributed by atoms with Crippen LogP contribution in [0, 0.1) is 0 Å². The molecule has 0 spiro atoms. The molecule has 0 N–H and O–H groups in total. The number of benzene rings is 1. The standard InChI is InChI=1S/C19H29NO2S/c1-23(21,22)15-5-4-13-20-14-7-12-19(20)18-11-6-9-16-8-2-3-10-17(16)18/h2-3,8,10,18-19H,4-7,9,11-15H2,1H3. The van der Waals surface area contributed by atoms with E-state index >= 15 is 0 Å². The molecule has 2 aliphatic rings. The van der Waals surface area contributed by atoms with Crippen molar-refractivity contribution in [3.63, 3.8) is 0 Å². The van der Waals surface area contributed by atoms with Crippen LogP contribution >= 0.6 is 0 Å². The molecule has 0 saturated carbocycles. The first kappa shape index (κ1) is 17.0. The fourth-order valence-electron chi connectivity index (χ4n) is 4.46. The number of likely N-dealkylation sites (tertiary alicyclic amines) is 1. The normalized spacial score (nSPS) is 25.4. The first-order valence-corrected chi connectivity index (χ1v) is 11.1. The third-order valence-corrected chi connectivity index (χ3v) is 6.54. The molecule has 1 fully saturated rings. The zero-order chi connectivity index (χ0) is 16.3. The summed E-state index contributed by atoms with van der Waals surface area (Å²) in [5.41, 5.74) is 3.12.